The predicted octanol–water partition coefficient (Wildman–Crippen LogP) is 1.30. The van der Waals surface area contributed by atoms with E-state index in [1.54, 1.807) is 0 Å². The van der Waals surface area contributed by atoms with Gasteiger partial charge in [0.1, 0.15) is 0 Å². The molecule has 7 heavy (non-hydrogen) atoms. The molecule has 1 nitrogen and oxygen atoms in total. The first-order valence-electron chi connectivity index (χ1n) is 2.41. The van der Waals surface area contributed by atoms with Gasteiger partial charge in [-0.3, -0.25) is 0 Å². The van der Waals surface area contributed by atoms with Crippen molar-refractivity contribution in [3.63, 3.8) is 0 Å². The molecule has 1 radical (unpaired) electrons. The highest BCUT2D eigenvalue weighted by Gasteiger charge is 2.21. The SMILES string of the molecule is FCOC[C]1CC1. The molecule has 2 heteroatoms. The van der Waals surface area contributed by atoms with Gasteiger partial charge in [-0.2, -0.15) is 0 Å². The van der Waals surface area contributed by atoms with E-state index in [4.69, 9.17) is 0 Å². The summed E-state index contributed by atoms with van der Waals surface area (Å²) in [4.78, 5) is 0. The Labute approximate surface area is 42.5 Å². The van der Waals surface area contributed by atoms with Gasteiger partial charge in [0.15, 0.2) is 6.86 Å². The fourth-order valence-corrected chi connectivity index (χ4v) is 0.416. The van der Waals surface area contributed by atoms with E-state index < -0.39 is 6.86 Å². The standard InChI is InChI=1S/C5H8FO/c6-4-7-3-5-1-2-5/h1-4H2. The first-order valence-corrected chi connectivity index (χ1v) is 2.41. The molecule has 0 aromatic carbocycles. The van der Waals surface area contributed by atoms with Gasteiger partial charge >= 0.3 is 0 Å². The highest BCUT2D eigenvalue weighted by Crippen LogP contribution is 2.31. The van der Waals surface area contributed by atoms with Crippen molar-refractivity contribution >= 4 is 0 Å². The number of halogens is 1. The maximum absolute atomic E-state index is 11.1. The second kappa shape index (κ2) is 2.26. The molecule has 1 saturated carbocycles. The Bertz CT molecular complexity index is 52.0. The van der Waals surface area contributed by atoms with E-state index in [2.05, 4.69) is 4.74 Å². The van der Waals surface area contributed by atoms with Crippen LogP contribution in [0.3, 0.4) is 0 Å². The Morgan fingerprint density at radius 2 is 2.29 bits per heavy atom. The molecule has 0 heterocycles. The van der Waals surface area contributed by atoms with Gasteiger partial charge in [-0.05, 0) is 12.8 Å². The van der Waals surface area contributed by atoms with E-state index in [1.807, 2.05) is 0 Å². The van der Waals surface area contributed by atoms with Crippen molar-refractivity contribution < 1.29 is 9.13 Å². The maximum Gasteiger partial charge on any atom is 0.188 e. The molecule has 1 fully saturated rings. The largest absolute Gasteiger partial charge is 0.350 e. The highest BCUT2D eigenvalue weighted by molar-refractivity contribution is 5.04. The monoisotopic (exact) mass is 103 g/mol. The molecule has 1 aliphatic carbocycles. The average Bonchev–Trinajstić information content (AvgIpc) is 2.42. The molecule has 0 atom stereocenters. The van der Waals surface area contributed by atoms with Crippen molar-refractivity contribution in [3.8, 4) is 0 Å². The van der Waals surface area contributed by atoms with Crippen molar-refractivity contribution in [3.05, 3.63) is 5.92 Å². The third kappa shape index (κ3) is 1.88. The zero-order valence-electron chi connectivity index (χ0n) is 4.11. The molecule has 1 aliphatic rings. The third-order valence-electron chi connectivity index (χ3n) is 0.987. The maximum atomic E-state index is 11.1. The molecule has 0 spiro atoms. The van der Waals surface area contributed by atoms with Crippen molar-refractivity contribution in [2.24, 2.45) is 0 Å². The smallest absolute Gasteiger partial charge is 0.188 e. The van der Waals surface area contributed by atoms with Crippen molar-refractivity contribution in [1.82, 2.24) is 0 Å². The summed E-state index contributed by atoms with van der Waals surface area (Å²) in [6.07, 6.45) is 2.31. The van der Waals surface area contributed by atoms with Gasteiger partial charge in [-0.15, -0.1) is 0 Å². The molecule has 0 N–H and O–H groups in total. The summed E-state index contributed by atoms with van der Waals surface area (Å²) in [6.45, 7) is -0.0833. The molecule has 0 aliphatic heterocycles. The topological polar surface area (TPSA) is 9.23 Å². The van der Waals surface area contributed by atoms with Crippen molar-refractivity contribution in [2.75, 3.05) is 13.5 Å². The van der Waals surface area contributed by atoms with Gasteiger partial charge in [0.2, 0.25) is 0 Å². The van der Waals surface area contributed by atoms with Crippen molar-refractivity contribution in [1.29, 1.82) is 0 Å². The summed E-state index contributed by atoms with van der Waals surface area (Å²) in [5, 5.41) is 0. The van der Waals surface area contributed by atoms with Crippen LogP contribution in [0.4, 0.5) is 4.39 Å². The quantitative estimate of drug-likeness (QED) is 0.523. The van der Waals surface area contributed by atoms with Crippen LogP contribution in [0.1, 0.15) is 12.8 Å². The molecule has 0 aromatic rings. The van der Waals surface area contributed by atoms with Crippen LogP contribution in [0.5, 0.6) is 0 Å². The van der Waals surface area contributed by atoms with Gasteiger partial charge in [0, 0.05) is 5.92 Å². The third-order valence-corrected chi connectivity index (χ3v) is 0.987. The van der Waals surface area contributed by atoms with Gasteiger partial charge in [0.25, 0.3) is 0 Å². The molecule has 41 valence electrons. The highest BCUT2D eigenvalue weighted by atomic mass is 19.1. The Morgan fingerprint density at radius 3 is 2.71 bits per heavy atom. The molecular weight excluding hydrogens is 95.1 g/mol. The molecular formula is C5H8FO. The Hall–Kier alpha value is -0.110. The van der Waals surface area contributed by atoms with Gasteiger partial charge in [-0.1, -0.05) is 0 Å². The summed E-state index contributed by atoms with van der Waals surface area (Å²) >= 11 is 0. The van der Waals surface area contributed by atoms with E-state index in [-0.39, 0.29) is 0 Å². The minimum absolute atomic E-state index is 0.552. The molecule has 0 bridgehead atoms. The minimum Gasteiger partial charge on any atom is -0.350 e. The van der Waals surface area contributed by atoms with Crippen LogP contribution in [0.25, 0.3) is 0 Å². The van der Waals surface area contributed by atoms with Gasteiger partial charge in [-0.25, -0.2) is 4.39 Å². The summed E-state index contributed by atoms with van der Waals surface area (Å²) < 4.78 is 15.6. The normalized spacial score (nSPS) is 20.1. The van der Waals surface area contributed by atoms with Gasteiger partial charge in [0.05, 0.1) is 6.61 Å². The van der Waals surface area contributed by atoms with E-state index >= 15 is 0 Å². The fraction of sp³-hybridized carbons (Fsp3) is 0.800. The second-order valence-electron chi connectivity index (χ2n) is 1.71. The Morgan fingerprint density at radius 1 is 1.57 bits per heavy atom. The number of hydrogen-bond donors (Lipinski definition) is 0. The number of hydrogen-bond acceptors (Lipinski definition) is 1. The molecule has 0 amide bonds. The van der Waals surface area contributed by atoms with Crippen LogP contribution < -0.4 is 0 Å². The summed E-state index contributed by atoms with van der Waals surface area (Å²) in [6, 6.07) is 0. The van der Waals surface area contributed by atoms with E-state index in [0.29, 0.717) is 6.61 Å². The van der Waals surface area contributed by atoms with E-state index in [9.17, 15) is 4.39 Å². The fourth-order valence-electron chi connectivity index (χ4n) is 0.416. The van der Waals surface area contributed by atoms with Crippen LogP contribution in [-0.4, -0.2) is 13.5 Å². The number of alkyl halides is 1. The van der Waals surface area contributed by atoms with Crippen LogP contribution in [0.2, 0.25) is 0 Å². The summed E-state index contributed by atoms with van der Waals surface area (Å²) in [7, 11) is 0. The molecule has 0 saturated heterocycles. The molecule has 0 unspecified atom stereocenters. The first kappa shape index (κ1) is 5.04. The minimum atomic E-state index is -0.635. The molecule has 0 aromatic heterocycles. The Balaban J connectivity index is 1.80. The Kier molecular flexibility index (Phi) is 1.63. The number of rotatable bonds is 3. The lowest BCUT2D eigenvalue weighted by Gasteiger charge is -1.90. The lowest BCUT2D eigenvalue weighted by atomic mass is 10.5. The van der Waals surface area contributed by atoms with Crippen LogP contribution in [0.15, 0.2) is 0 Å². The zero-order valence-corrected chi connectivity index (χ0v) is 4.11. The average molecular weight is 103 g/mol. The van der Waals surface area contributed by atoms with Crippen LogP contribution in [-0.2, 0) is 4.74 Å². The lowest BCUT2D eigenvalue weighted by Crippen LogP contribution is -1.90. The zero-order chi connectivity index (χ0) is 5.11. The first-order chi connectivity index (χ1) is 3.43. The number of ether oxygens (including phenoxy) is 1. The lowest BCUT2D eigenvalue weighted by molar-refractivity contribution is 0.0697. The van der Waals surface area contributed by atoms with Crippen LogP contribution >= 0.6 is 0 Å². The summed E-state index contributed by atoms with van der Waals surface area (Å²) in [5.41, 5.74) is 0. The van der Waals surface area contributed by atoms with E-state index in [1.165, 1.54) is 5.92 Å². The van der Waals surface area contributed by atoms with Crippen molar-refractivity contribution in [2.45, 2.75) is 12.8 Å². The second-order valence-corrected chi connectivity index (χ2v) is 1.71. The predicted molar refractivity (Wildman–Crippen MR) is 24.4 cm³/mol. The van der Waals surface area contributed by atoms with Gasteiger partial charge < -0.3 is 4.74 Å². The van der Waals surface area contributed by atoms with E-state index in [0.717, 1.165) is 12.8 Å². The van der Waals surface area contributed by atoms with Crippen LogP contribution in [0, 0.1) is 5.92 Å². The molecule has 1 rings (SSSR count). The summed E-state index contributed by atoms with van der Waals surface area (Å²) in [5.74, 6) is 1.35.